The van der Waals surface area contributed by atoms with E-state index in [1.54, 1.807) is 18.3 Å². The average Bonchev–Trinajstić information content (AvgIpc) is 2.68. The lowest BCUT2D eigenvalue weighted by atomic mass is 10.1. The van der Waals surface area contributed by atoms with E-state index in [2.05, 4.69) is 9.97 Å². The van der Waals surface area contributed by atoms with Crippen LogP contribution in [-0.2, 0) is 19.5 Å². The third-order valence-corrected chi connectivity index (χ3v) is 4.70. The van der Waals surface area contributed by atoms with Gasteiger partial charge in [-0.1, -0.05) is 0 Å². The van der Waals surface area contributed by atoms with E-state index in [0.29, 0.717) is 31.0 Å². The lowest BCUT2D eigenvalue weighted by Gasteiger charge is -2.28. The van der Waals surface area contributed by atoms with Crippen LogP contribution < -0.4 is 5.73 Å². The number of nitrogens with zero attached hydrogens (tertiary/aromatic N) is 3. The summed E-state index contributed by atoms with van der Waals surface area (Å²) in [6.07, 6.45) is 2.36. The van der Waals surface area contributed by atoms with Crippen molar-refractivity contribution in [2.75, 3.05) is 12.3 Å². The molecule has 0 aliphatic carbocycles. The first-order valence-corrected chi connectivity index (χ1v) is 8.56. The molecule has 0 saturated carbocycles. The molecule has 27 heavy (non-hydrogen) atoms. The largest absolute Gasteiger partial charge is 0.399 e. The minimum atomic E-state index is -1.13. The molecule has 1 aliphatic rings. The van der Waals surface area contributed by atoms with Crippen molar-refractivity contribution in [3.05, 3.63) is 76.9 Å². The molecule has 3 aromatic rings. The number of hydrogen-bond acceptors (Lipinski definition) is 4. The predicted molar refractivity (Wildman–Crippen MR) is 96.0 cm³/mol. The molecule has 2 aromatic carbocycles. The van der Waals surface area contributed by atoms with Crippen molar-refractivity contribution in [3.63, 3.8) is 0 Å². The summed E-state index contributed by atoms with van der Waals surface area (Å²) in [5.74, 6) is -2.30. The van der Waals surface area contributed by atoms with E-state index in [4.69, 9.17) is 5.73 Å². The number of rotatable bonds is 3. The van der Waals surface area contributed by atoms with E-state index < -0.39 is 17.5 Å². The van der Waals surface area contributed by atoms with Gasteiger partial charge in [-0.3, -0.25) is 4.90 Å². The molecule has 0 saturated heterocycles. The van der Waals surface area contributed by atoms with Gasteiger partial charge in [0, 0.05) is 54.6 Å². The fraction of sp³-hybridized carbons (Fsp3) is 0.200. The van der Waals surface area contributed by atoms with Crippen LogP contribution in [0.4, 0.5) is 18.9 Å². The Bertz CT molecular complexity index is 989. The van der Waals surface area contributed by atoms with E-state index >= 15 is 0 Å². The summed E-state index contributed by atoms with van der Waals surface area (Å²) < 4.78 is 41.2. The fourth-order valence-corrected chi connectivity index (χ4v) is 3.22. The number of aromatic nitrogens is 2. The zero-order valence-electron chi connectivity index (χ0n) is 14.4. The molecule has 7 heteroatoms. The van der Waals surface area contributed by atoms with E-state index in [0.717, 1.165) is 29.0 Å². The van der Waals surface area contributed by atoms with Gasteiger partial charge in [-0.2, -0.15) is 0 Å². The highest BCUT2D eigenvalue weighted by atomic mass is 19.2. The van der Waals surface area contributed by atoms with Gasteiger partial charge in [0.1, 0.15) is 5.82 Å². The summed E-state index contributed by atoms with van der Waals surface area (Å²) in [5.41, 5.74) is 8.80. The molecule has 0 unspecified atom stereocenters. The standard InChI is InChI=1S/C20H17F3N4/c21-16-5-6-17(22)19(23)15(16)11-27-8-7-18-13(10-27)9-25-20(26-18)12-1-3-14(24)4-2-12/h1-6,9H,7-8,10-11,24H2. The molecule has 0 bridgehead atoms. The summed E-state index contributed by atoms with van der Waals surface area (Å²) in [6, 6.07) is 9.06. The number of anilines is 1. The van der Waals surface area contributed by atoms with Crippen molar-refractivity contribution in [2.45, 2.75) is 19.5 Å². The van der Waals surface area contributed by atoms with Crippen molar-refractivity contribution >= 4 is 5.69 Å². The number of benzene rings is 2. The van der Waals surface area contributed by atoms with Crippen LogP contribution in [0.2, 0.25) is 0 Å². The molecular formula is C20H17F3N4. The van der Waals surface area contributed by atoms with Gasteiger partial charge in [-0.25, -0.2) is 23.1 Å². The Labute approximate surface area is 154 Å². The van der Waals surface area contributed by atoms with E-state index in [1.807, 2.05) is 17.0 Å². The molecule has 0 atom stereocenters. The van der Waals surface area contributed by atoms with Crippen molar-refractivity contribution in [3.8, 4) is 11.4 Å². The average molecular weight is 370 g/mol. The van der Waals surface area contributed by atoms with Crippen LogP contribution >= 0.6 is 0 Å². The highest BCUT2D eigenvalue weighted by molar-refractivity contribution is 5.58. The summed E-state index contributed by atoms with van der Waals surface area (Å²) in [5, 5.41) is 0. The lowest BCUT2D eigenvalue weighted by Crippen LogP contribution is -2.31. The summed E-state index contributed by atoms with van der Waals surface area (Å²) in [6.45, 7) is 1.02. The Morgan fingerprint density at radius 3 is 2.52 bits per heavy atom. The summed E-state index contributed by atoms with van der Waals surface area (Å²) >= 11 is 0. The maximum atomic E-state index is 13.9. The molecular weight excluding hydrogens is 353 g/mol. The molecule has 1 aliphatic heterocycles. The molecule has 0 radical (unpaired) electrons. The van der Waals surface area contributed by atoms with Crippen LogP contribution in [0.5, 0.6) is 0 Å². The van der Waals surface area contributed by atoms with Gasteiger partial charge in [-0.05, 0) is 36.4 Å². The molecule has 0 fully saturated rings. The summed E-state index contributed by atoms with van der Waals surface area (Å²) in [4.78, 5) is 10.9. The van der Waals surface area contributed by atoms with Gasteiger partial charge in [0.15, 0.2) is 17.5 Å². The first-order valence-electron chi connectivity index (χ1n) is 8.56. The molecule has 4 nitrogen and oxygen atoms in total. The lowest BCUT2D eigenvalue weighted by molar-refractivity contribution is 0.234. The Balaban J connectivity index is 1.54. The highest BCUT2D eigenvalue weighted by Gasteiger charge is 2.22. The zero-order chi connectivity index (χ0) is 19.0. The smallest absolute Gasteiger partial charge is 0.166 e. The van der Waals surface area contributed by atoms with Gasteiger partial charge in [0.2, 0.25) is 0 Å². The van der Waals surface area contributed by atoms with Crippen LogP contribution in [-0.4, -0.2) is 21.4 Å². The third-order valence-electron chi connectivity index (χ3n) is 4.70. The first-order chi connectivity index (χ1) is 13.0. The molecule has 2 heterocycles. The molecule has 138 valence electrons. The minimum absolute atomic E-state index is 0.00538. The van der Waals surface area contributed by atoms with Crippen molar-refractivity contribution in [1.29, 1.82) is 0 Å². The second kappa shape index (κ2) is 7.00. The molecule has 0 spiro atoms. The van der Waals surface area contributed by atoms with E-state index in [-0.39, 0.29) is 12.1 Å². The maximum Gasteiger partial charge on any atom is 0.166 e. The van der Waals surface area contributed by atoms with E-state index in [9.17, 15) is 13.2 Å². The Morgan fingerprint density at radius 2 is 1.74 bits per heavy atom. The van der Waals surface area contributed by atoms with Crippen LogP contribution in [0.25, 0.3) is 11.4 Å². The highest BCUT2D eigenvalue weighted by Crippen LogP contribution is 2.24. The number of hydrogen-bond donors (Lipinski definition) is 1. The van der Waals surface area contributed by atoms with Crippen LogP contribution in [0.15, 0.2) is 42.6 Å². The van der Waals surface area contributed by atoms with Gasteiger partial charge >= 0.3 is 0 Å². The second-order valence-corrected chi connectivity index (χ2v) is 6.57. The Morgan fingerprint density at radius 1 is 1.00 bits per heavy atom. The van der Waals surface area contributed by atoms with Crippen molar-refractivity contribution < 1.29 is 13.2 Å². The monoisotopic (exact) mass is 370 g/mol. The van der Waals surface area contributed by atoms with Gasteiger partial charge in [-0.15, -0.1) is 0 Å². The third kappa shape index (κ3) is 3.50. The Kier molecular flexibility index (Phi) is 4.53. The van der Waals surface area contributed by atoms with Gasteiger partial charge in [0.05, 0.1) is 5.69 Å². The van der Waals surface area contributed by atoms with Crippen molar-refractivity contribution in [1.82, 2.24) is 14.9 Å². The van der Waals surface area contributed by atoms with Crippen molar-refractivity contribution in [2.24, 2.45) is 0 Å². The predicted octanol–water partition coefficient (Wildman–Crippen LogP) is 3.70. The Hall–Kier alpha value is -2.93. The quantitative estimate of drug-likeness (QED) is 0.564. The minimum Gasteiger partial charge on any atom is -0.399 e. The maximum absolute atomic E-state index is 13.9. The fourth-order valence-electron chi connectivity index (χ4n) is 3.22. The molecule has 4 rings (SSSR count). The number of nitrogen functional groups attached to an aromatic ring is 1. The topological polar surface area (TPSA) is 55.0 Å². The molecule has 2 N–H and O–H groups in total. The van der Waals surface area contributed by atoms with Crippen LogP contribution in [0.1, 0.15) is 16.8 Å². The number of fused-ring (bicyclic) bond motifs is 1. The normalized spacial score (nSPS) is 14.2. The van der Waals surface area contributed by atoms with Crippen LogP contribution in [0.3, 0.4) is 0 Å². The molecule has 1 aromatic heterocycles. The number of nitrogens with two attached hydrogens (primary N) is 1. The summed E-state index contributed by atoms with van der Waals surface area (Å²) in [7, 11) is 0. The second-order valence-electron chi connectivity index (χ2n) is 6.57. The van der Waals surface area contributed by atoms with Gasteiger partial charge < -0.3 is 5.73 Å². The van der Waals surface area contributed by atoms with Crippen LogP contribution in [0, 0.1) is 17.5 Å². The van der Waals surface area contributed by atoms with Gasteiger partial charge in [0.25, 0.3) is 0 Å². The molecule has 0 amide bonds. The van der Waals surface area contributed by atoms with E-state index in [1.165, 1.54) is 0 Å². The zero-order valence-corrected chi connectivity index (χ0v) is 14.4. The SMILES string of the molecule is Nc1ccc(-c2ncc3c(n2)CCN(Cc2c(F)ccc(F)c2F)C3)cc1. The first kappa shape index (κ1) is 17.5. The number of halogens is 3.